The number of aromatic nitrogens is 1. The van der Waals surface area contributed by atoms with Gasteiger partial charge in [-0.15, -0.1) is 0 Å². The van der Waals surface area contributed by atoms with Gasteiger partial charge in [-0.3, -0.25) is 10.1 Å². The predicted molar refractivity (Wildman–Crippen MR) is 129 cm³/mol. The Bertz CT molecular complexity index is 1330. The second kappa shape index (κ2) is 10.2. The van der Waals surface area contributed by atoms with Gasteiger partial charge in [0.2, 0.25) is 0 Å². The van der Waals surface area contributed by atoms with E-state index in [1.54, 1.807) is 20.8 Å². The zero-order valence-corrected chi connectivity index (χ0v) is 19.8. The average molecular weight is 521 g/mol. The normalized spacial score (nSPS) is 11.5. The van der Waals surface area contributed by atoms with Gasteiger partial charge >= 0.3 is 18.3 Å². The Morgan fingerprint density at radius 2 is 1.57 bits per heavy atom. The smallest absolute Gasteiger partial charge is 0.416 e. The lowest BCUT2D eigenvalue weighted by Crippen LogP contribution is -2.27. The summed E-state index contributed by atoms with van der Waals surface area (Å²) in [5.74, 6) is -1.84. The average Bonchev–Trinajstić information content (AvgIpc) is 3.17. The maximum atomic E-state index is 13.9. The number of ether oxygens (including phenoxy) is 1. The van der Waals surface area contributed by atoms with E-state index in [0.29, 0.717) is 23.8 Å². The molecule has 3 aromatic rings. The number of aromatic amines is 1. The molecule has 0 fully saturated rings. The van der Waals surface area contributed by atoms with Crippen LogP contribution in [0.5, 0.6) is 0 Å². The van der Waals surface area contributed by atoms with Crippen LogP contribution in [0.4, 0.5) is 44.2 Å². The van der Waals surface area contributed by atoms with E-state index in [0.717, 1.165) is 0 Å². The van der Waals surface area contributed by atoms with Crippen molar-refractivity contribution in [2.24, 2.45) is 5.73 Å². The van der Waals surface area contributed by atoms with Crippen molar-refractivity contribution in [2.45, 2.75) is 32.5 Å². The number of amides is 4. The summed E-state index contributed by atoms with van der Waals surface area (Å²) in [7, 11) is 0. The van der Waals surface area contributed by atoms with Gasteiger partial charge < -0.3 is 26.1 Å². The largest absolute Gasteiger partial charge is 0.444 e. The predicted octanol–water partition coefficient (Wildman–Crippen LogP) is 5.93. The number of hydrogen-bond acceptors (Lipinski definition) is 4. The first-order valence-corrected chi connectivity index (χ1v) is 10.7. The number of H-pyrrole nitrogens is 1. The molecule has 196 valence electrons. The molecule has 6 N–H and O–H groups in total. The number of carbonyl (C=O) groups excluding carboxylic acids is 3. The molecule has 0 saturated carbocycles. The van der Waals surface area contributed by atoms with Crippen LogP contribution in [-0.4, -0.2) is 28.6 Å². The molecule has 3 rings (SSSR count). The Balaban J connectivity index is 1.78. The van der Waals surface area contributed by atoms with Gasteiger partial charge in [0, 0.05) is 17.4 Å². The van der Waals surface area contributed by atoms with Crippen molar-refractivity contribution in [3.63, 3.8) is 0 Å². The molecule has 1 heterocycles. The van der Waals surface area contributed by atoms with Crippen LogP contribution in [0.2, 0.25) is 0 Å². The van der Waals surface area contributed by atoms with Gasteiger partial charge in [-0.05, 0) is 56.7 Å². The van der Waals surface area contributed by atoms with Crippen LogP contribution in [0.3, 0.4) is 0 Å². The van der Waals surface area contributed by atoms with E-state index in [2.05, 4.69) is 15.6 Å². The molecular formula is C24H23F4N5O4. The molecular weight excluding hydrogens is 498 g/mol. The molecule has 0 radical (unpaired) electrons. The van der Waals surface area contributed by atoms with Gasteiger partial charge in [-0.25, -0.2) is 14.0 Å². The number of alkyl halides is 3. The lowest BCUT2D eigenvalue weighted by molar-refractivity contribution is -0.137. The van der Waals surface area contributed by atoms with E-state index >= 15 is 0 Å². The fourth-order valence-corrected chi connectivity index (χ4v) is 3.23. The second-order valence-corrected chi connectivity index (χ2v) is 8.79. The number of anilines is 3. The third-order valence-electron chi connectivity index (χ3n) is 4.74. The molecule has 0 saturated heterocycles. The molecule has 0 aliphatic heterocycles. The van der Waals surface area contributed by atoms with Crippen molar-refractivity contribution in [3.05, 3.63) is 65.7 Å². The van der Waals surface area contributed by atoms with Crippen molar-refractivity contribution < 1.29 is 36.7 Å². The fourth-order valence-electron chi connectivity index (χ4n) is 3.23. The minimum absolute atomic E-state index is 0.00420. The van der Waals surface area contributed by atoms with Crippen molar-refractivity contribution in [1.82, 2.24) is 4.98 Å². The second-order valence-electron chi connectivity index (χ2n) is 8.79. The van der Waals surface area contributed by atoms with E-state index < -0.39 is 46.9 Å². The van der Waals surface area contributed by atoms with Gasteiger partial charge in [0.05, 0.1) is 16.9 Å². The number of urea groups is 1. The number of carbonyl (C=O) groups is 3. The fraction of sp³-hybridized carbons (Fsp3) is 0.208. The first-order chi connectivity index (χ1) is 17.1. The maximum absolute atomic E-state index is 13.9. The summed E-state index contributed by atoms with van der Waals surface area (Å²) >= 11 is 0. The first kappa shape index (κ1) is 27.0. The number of hydrogen-bond donors (Lipinski definition) is 5. The van der Waals surface area contributed by atoms with E-state index in [4.69, 9.17) is 10.5 Å². The summed E-state index contributed by atoms with van der Waals surface area (Å²) in [6.45, 7) is 5.05. The van der Waals surface area contributed by atoms with Crippen LogP contribution < -0.4 is 21.7 Å². The van der Waals surface area contributed by atoms with E-state index in [1.807, 2.05) is 5.32 Å². The van der Waals surface area contributed by atoms with Gasteiger partial charge in [-0.2, -0.15) is 13.2 Å². The Morgan fingerprint density at radius 1 is 0.919 bits per heavy atom. The molecule has 1 aromatic heterocycles. The Labute approximate surface area is 208 Å². The zero-order valence-electron chi connectivity index (χ0n) is 19.8. The molecule has 0 spiro atoms. The number of benzene rings is 2. The minimum atomic E-state index is -4.71. The number of rotatable bonds is 5. The molecule has 0 atom stereocenters. The molecule has 2 aromatic carbocycles. The Hall–Kier alpha value is -4.55. The van der Waals surface area contributed by atoms with E-state index in [1.165, 1.54) is 30.5 Å². The molecule has 0 aliphatic rings. The van der Waals surface area contributed by atoms with Crippen LogP contribution in [0.1, 0.15) is 36.8 Å². The van der Waals surface area contributed by atoms with Crippen molar-refractivity contribution in [3.8, 4) is 11.1 Å². The molecule has 9 nitrogen and oxygen atoms in total. The van der Waals surface area contributed by atoms with Crippen molar-refractivity contribution in [1.29, 1.82) is 0 Å². The first-order valence-electron chi connectivity index (χ1n) is 10.7. The number of nitrogens with two attached hydrogens (primary N) is 1. The van der Waals surface area contributed by atoms with Crippen LogP contribution in [-0.2, 0) is 10.9 Å². The Morgan fingerprint density at radius 3 is 2.14 bits per heavy atom. The van der Waals surface area contributed by atoms with E-state index in [9.17, 15) is 31.9 Å². The Kier molecular flexibility index (Phi) is 7.46. The summed E-state index contributed by atoms with van der Waals surface area (Å²) in [4.78, 5) is 39.1. The highest BCUT2D eigenvalue weighted by Crippen LogP contribution is 2.34. The zero-order chi connectivity index (χ0) is 27.5. The molecule has 0 unspecified atom stereocenters. The lowest BCUT2D eigenvalue weighted by atomic mass is 10.0. The molecule has 4 amide bonds. The topological polar surface area (TPSA) is 138 Å². The number of primary amides is 1. The summed E-state index contributed by atoms with van der Waals surface area (Å²) < 4.78 is 57.7. The quantitative estimate of drug-likeness (QED) is 0.266. The molecule has 37 heavy (non-hydrogen) atoms. The third-order valence-corrected chi connectivity index (χ3v) is 4.74. The van der Waals surface area contributed by atoms with Gasteiger partial charge in [-0.1, -0.05) is 12.1 Å². The highest BCUT2D eigenvalue weighted by Gasteiger charge is 2.31. The minimum Gasteiger partial charge on any atom is -0.444 e. The van der Waals surface area contributed by atoms with Crippen LogP contribution in [0.15, 0.2) is 48.7 Å². The van der Waals surface area contributed by atoms with Crippen LogP contribution in [0.25, 0.3) is 11.1 Å². The van der Waals surface area contributed by atoms with Gasteiger partial charge in [0.25, 0.3) is 5.91 Å². The summed E-state index contributed by atoms with van der Waals surface area (Å²) in [5.41, 5.74) is 4.00. The van der Waals surface area contributed by atoms with Crippen molar-refractivity contribution in [2.75, 3.05) is 16.0 Å². The van der Waals surface area contributed by atoms with Gasteiger partial charge in [0.15, 0.2) is 0 Å². The SMILES string of the molecule is CC(C)(C)OC(=O)Nc1c[nH]c(C(N)=O)c1-c1ccc(NC(=O)Nc2cc(C(F)(F)F)ccc2F)cc1. The highest BCUT2D eigenvalue weighted by atomic mass is 19.4. The molecule has 13 heteroatoms. The van der Waals surface area contributed by atoms with E-state index in [-0.39, 0.29) is 22.6 Å². The molecule has 0 bridgehead atoms. The highest BCUT2D eigenvalue weighted by molar-refractivity contribution is 6.05. The maximum Gasteiger partial charge on any atom is 0.416 e. The van der Waals surface area contributed by atoms with Gasteiger partial charge in [0.1, 0.15) is 17.1 Å². The number of nitrogens with one attached hydrogen (secondary N) is 4. The standard InChI is InChI=1S/C24H23F4N5O4/c1-23(2,3)37-22(36)33-17-11-30-19(20(29)34)18(17)12-4-7-14(8-5-12)31-21(35)32-16-10-13(24(26,27)28)6-9-15(16)25/h4-11,30H,1-3H3,(H2,29,34)(H,33,36)(H2,31,32,35). The number of halogens is 4. The summed E-state index contributed by atoms with van der Waals surface area (Å²) in [6.07, 6.45) is -4.11. The summed E-state index contributed by atoms with van der Waals surface area (Å²) in [5, 5.41) is 6.94. The van der Waals surface area contributed by atoms with Crippen molar-refractivity contribution >= 4 is 35.1 Å². The summed E-state index contributed by atoms with van der Waals surface area (Å²) in [6, 6.07) is 6.49. The van der Waals surface area contributed by atoms with Crippen LogP contribution >= 0.6 is 0 Å². The third kappa shape index (κ3) is 6.99. The van der Waals surface area contributed by atoms with Crippen LogP contribution in [0, 0.1) is 5.82 Å². The monoisotopic (exact) mass is 521 g/mol. The molecule has 0 aliphatic carbocycles. The lowest BCUT2D eigenvalue weighted by Gasteiger charge is -2.19.